The summed E-state index contributed by atoms with van der Waals surface area (Å²) < 4.78 is 0. The number of hydrogen-bond donors (Lipinski definition) is 2. The molecule has 0 atom stereocenters. The molecule has 0 aliphatic rings. The second-order valence-electron chi connectivity index (χ2n) is 1.86. The van der Waals surface area contributed by atoms with Crippen molar-refractivity contribution in [2.24, 2.45) is 0 Å². The third-order valence-corrected chi connectivity index (χ3v) is 5.99. The minimum Gasteiger partial charge on any atom is -0.499 e. The van der Waals surface area contributed by atoms with Crippen LogP contribution in [-0.4, -0.2) is 40.8 Å². The maximum atomic E-state index is 8.80. The van der Waals surface area contributed by atoms with Crippen molar-refractivity contribution >= 4 is 55.0 Å². The van der Waals surface area contributed by atoms with Crippen LogP contribution in [0.1, 0.15) is 0 Å². The molecule has 0 bridgehead atoms. The maximum absolute atomic E-state index is 8.80. The normalized spacial score (nSPS) is 12.8. The number of aliphatic hydroxyl groups is 2. The summed E-state index contributed by atoms with van der Waals surface area (Å²) >= 11 is 9.00. The lowest BCUT2D eigenvalue weighted by molar-refractivity contribution is 0.566. The molecule has 0 fully saturated rings. The maximum Gasteiger partial charge on any atom is 0.179 e. The molecule has 10 heavy (non-hydrogen) atoms. The van der Waals surface area contributed by atoms with Crippen LogP contribution in [0.4, 0.5) is 0 Å². The van der Waals surface area contributed by atoms with Crippen molar-refractivity contribution in [3.05, 3.63) is 10.4 Å². The quantitative estimate of drug-likeness (QED) is 0.336. The summed E-state index contributed by atoms with van der Waals surface area (Å²) in [4.78, 5) is 0. The van der Waals surface area contributed by atoms with Gasteiger partial charge in [-0.25, -0.2) is 0 Å². The van der Waals surface area contributed by atoms with Gasteiger partial charge >= 0.3 is 0 Å². The van der Waals surface area contributed by atoms with E-state index in [1.54, 1.807) is 0 Å². The largest absolute Gasteiger partial charge is 0.499 e. The van der Waals surface area contributed by atoms with E-state index in [1.165, 1.54) is 0 Å². The molecule has 0 aliphatic carbocycles. The summed E-state index contributed by atoms with van der Waals surface area (Å²) in [5.74, 6) is 0. The lowest BCUT2D eigenvalue weighted by Crippen LogP contribution is -2.08. The Labute approximate surface area is 75.8 Å². The van der Waals surface area contributed by atoms with Gasteiger partial charge in [0.25, 0.3) is 0 Å². The highest BCUT2D eigenvalue weighted by molar-refractivity contribution is 7.81. The Morgan fingerprint density at radius 3 is 1.20 bits per heavy atom. The van der Waals surface area contributed by atoms with Gasteiger partial charge in [0, 0.05) is 20.5 Å². The van der Waals surface area contributed by atoms with E-state index in [4.69, 9.17) is 10.2 Å². The molecule has 0 saturated carbocycles. The SMILES string of the molecule is OC(=S)/C([SiH3])=C(\[SiH3])C(O)=S. The summed E-state index contributed by atoms with van der Waals surface area (Å²) in [5, 5.41) is 18.6. The molecule has 0 aliphatic heterocycles. The zero-order valence-electron chi connectivity index (χ0n) is 5.71. The van der Waals surface area contributed by atoms with Crippen LogP contribution in [0.2, 0.25) is 0 Å². The first kappa shape index (κ1) is 9.95. The van der Waals surface area contributed by atoms with Crippen molar-refractivity contribution in [2.45, 2.75) is 0 Å². The molecular formula is C4H8O2S2Si2. The topological polar surface area (TPSA) is 40.5 Å². The lowest BCUT2D eigenvalue weighted by atomic mass is 10.5. The molecule has 0 heterocycles. The Balaban J connectivity index is 4.67. The zero-order chi connectivity index (χ0) is 8.31. The van der Waals surface area contributed by atoms with Gasteiger partial charge in [0.15, 0.2) is 10.1 Å². The zero-order valence-corrected chi connectivity index (χ0v) is 11.3. The van der Waals surface area contributed by atoms with E-state index >= 15 is 0 Å². The van der Waals surface area contributed by atoms with E-state index in [0.29, 0.717) is 30.9 Å². The molecule has 6 heteroatoms. The molecule has 0 amide bonds. The molecule has 2 N–H and O–H groups in total. The Bertz CT molecular complexity index is 189. The second-order valence-corrected chi connectivity index (χ2v) is 4.63. The van der Waals surface area contributed by atoms with Gasteiger partial charge in [0.2, 0.25) is 0 Å². The molecule has 56 valence electrons. The molecule has 0 aromatic carbocycles. The van der Waals surface area contributed by atoms with Crippen LogP contribution in [-0.2, 0) is 0 Å². The molecule has 0 radical (unpaired) electrons. The van der Waals surface area contributed by atoms with Crippen molar-refractivity contribution in [3.63, 3.8) is 0 Å². The van der Waals surface area contributed by atoms with E-state index in [0.717, 1.165) is 0 Å². The second kappa shape index (κ2) is 3.96. The third kappa shape index (κ3) is 2.69. The average molecular weight is 208 g/mol. The van der Waals surface area contributed by atoms with Crippen molar-refractivity contribution < 1.29 is 10.2 Å². The van der Waals surface area contributed by atoms with Crippen molar-refractivity contribution in [2.75, 3.05) is 0 Å². The van der Waals surface area contributed by atoms with E-state index in [-0.39, 0.29) is 10.1 Å². The molecule has 0 saturated heterocycles. The van der Waals surface area contributed by atoms with Crippen molar-refractivity contribution in [1.29, 1.82) is 0 Å². The van der Waals surface area contributed by atoms with Crippen LogP contribution in [0.25, 0.3) is 0 Å². The monoisotopic (exact) mass is 208 g/mol. The first-order chi connectivity index (χ1) is 4.46. The van der Waals surface area contributed by atoms with Crippen molar-refractivity contribution in [3.8, 4) is 0 Å². The minimum absolute atomic E-state index is 0.131. The predicted molar refractivity (Wildman–Crippen MR) is 57.4 cm³/mol. The van der Waals surface area contributed by atoms with E-state index < -0.39 is 0 Å². The van der Waals surface area contributed by atoms with Gasteiger partial charge in [-0.2, -0.15) is 0 Å². The minimum atomic E-state index is -0.131. The lowest BCUT2D eigenvalue weighted by Gasteiger charge is -2.00. The number of hydrogen-bond acceptors (Lipinski definition) is 2. The standard InChI is InChI=1S/C4H8O2S2Si2/c5-3(7)1(9)2(10)4(6)8/h9-10H3,(H,5,7)(H,6,8)/b2-1+. The van der Waals surface area contributed by atoms with Crippen LogP contribution in [0.15, 0.2) is 10.4 Å². The summed E-state index contributed by atoms with van der Waals surface area (Å²) in [6.45, 7) is 0. The van der Waals surface area contributed by atoms with Gasteiger partial charge in [-0.15, -0.1) is 0 Å². The Morgan fingerprint density at radius 1 is 0.900 bits per heavy atom. The van der Waals surface area contributed by atoms with Gasteiger partial charge in [-0.05, 0) is 34.8 Å². The van der Waals surface area contributed by atoms with Gasteiger partial charge in [0.05, 0.1) is 0 Å². The predicted octanol–water partition coefficient (Wildman–Crippen LogP) is -1.30. The third-order valence-electron chi connectivity index (χ3n) is 1.20. The van der Waals surface area contributed by atoms with Gasteiger partial charge in [0.1, 0.15) is 0 Å². The average Bonchev–Trinajstić information content (AvgIpc) is 1.84. The van der Waals surface area contributed by atoms with Crippen LogP contribution in [0.5, 0.6) is 0 Å². The smallest absolute Gasteiger partial charge is 0.179 e. The van der Waals surface area contributed by atoms with E-state index in [2.05, 4.69) is 24.4 Å². The first-order valence-electron chi connectivity index (χ1n) is 2.61. The van der Waals surface area contributed by atoms with Crippen LogP contribution in [0.3, 0.4) is 0 Å². The van der Waals surface area contributed by atoms with Gasteiger partial charge in [-0.1, -0.05) is 0 Å². The Kier molecular flexibility index (Phi) is 3.95. The van der Waals surface area contributed by atoms with Crippen LogP contribution in [0, 0.1) is 0 Å². The van der Waals surface area contributed by atoms with Gasteiger partial charge < -0.3 is 10.2 Å². The van der Waals surface area contributed by atoms with Crippen LogP contribution >= 0.6 is 24.4 Å². The summed E-state index contributed by atoms with van der Waals surface area (Å²) in [6.07, 6.45) is 0. The number of aliphatic hydroxyl groups excluding tert-OH is 2. The summed E-state index contributed by atoms with van der Waals surface area (Å²) in [5.41, 5.74) is 0. The Morgan fingerprint density at radius 2 is 1.10 bits per heavy atom. The molecule has 0 spiro atoms. The summed E-state index contributed by atoms with van der Waals surface area (Å²) in [7, 11) is 1.26. The molecule has 0 unspecified atom stereocenters. The molecule has 0 aromatic heterocycles. The highest BCUT2D eigenvalue weighted by Gasteiger charge is 2.03. The fraction of sp³-hybridized carbons (Fsp3) is 0. The Hall–Kier alpha value is -0.0462. The fourth-order valence-electron chi connectivity index (χ4n) is 0.321. The highest BCUT2D eigenvalue weighted by Crippen LogP contribution is 1.98. The van der Waals surface area contributed by atoms with Crippen molar-refractivity contribution in [1.82, 2.24) is 0 Å². The molecule has 2 nitrogen and oxygen atoms in total. The fourth-order valence-corrected chi connectivity index (χ4v) is 1.46. The van der Waals surface area contributed by atoms with E-state index in [9.17, 15) is 0 Å². The molecule has 0 rings (SSSR count). The molecule has 0 aromatic rings. The summed E-state index contributed by atoms with van der Waals surface area (Å²) in [6, 6.07) is 0. The van der Waals surface area contributed by atoms with Gasteiger partial charge in [-0.3, -0.25) is 0 Å². The molecular weight excluding hydrogens is 200 g/mol. The first-order valence-corrected chi connectivity index (χ1v) is 5.42. The highest BCUT2D eigenvalue weighted by atomic mass is 32.1. The van der Waals surface area contributed by atoms with Crippen LogP contribution < -0.4 is 0 Å². The number of thiocarbonyl (C=S) groups is 2. The number of rotatable bonds is 2. The van der Waals surface area contributed by atoms with E-state index in [1.807, 2.05) is 0 Å².